The van der Waals surface area contributed by atoms with Gasteiger partial charge in [-0.3, -0.25) is 4.79 Å². The highest BCUT2D eigenvalue weighted by Gasteiger charge is 2.07. The highest BCUT2D eigenvalue weighted by molar-refractivity contribution is 14.1. The number of benzene rings is 1. The predicted octanol–water partition coefficient (Wildman–Crippen LogP) is 3.29. The van der Waals surface area contributed by atoms with Crippen LogP contribution in [0.15, 0.2) is 41.3 Å². The molecule has 1 heterocycles. The maximum atomic E-state index is 13.7. The molecule has 0 aliphatic carbocycles. The number of nitrogens with zero attached hydrogens (tertiary/aromatic N) is 1. The number of pyridine rings is 1. The Kier molecular flexibility index (Phi) is 3.83. The van der Waals surface area contributed by atoms with Gasteiger partial charge in [0.05, 0.1) is 11.6 Å². The van der Waals surface area contributed by atoms with Crippen LogP contribution >= 0.6 is 34.2 Å². The van der Waals surface area contributed by atoms with Crippen molar-refractivity contribution in [3.8, 4) is 0 Å². The van der Waals surface area contributed by atoms with E-state index in [0.717, 1.165) is 3.57 Å². The van der Waals surface area contributed by atoms with E-state index < -0.39 is 5.82 Å². The molecule has 0 aliphatic heterocycles. The van der Waals surface area contributed by atoms with E-state index in [1.54, 1.807) is 24.4 Å². The summed E-state index contributed by atoms with van der Waals surface area (Å²) in [5.41, 5.74) is 0.242. The molecule has 0 radical (unpaired) electrons. The quantitative estimate of drug-likeness (QED) is 0.751. The number of hydrogen-bond acceptors (Lipinski definition) is 1. The first-order valence-electron chi connectivity index (χ1n) is 4.87. The van der Waals surface area contributed by atoms with Crippen molar-refractivity contribution in [3.63, 3.8) is 0 Å². The standard InChI is InChI=1S/C12H8ClFINO/c13-10-3-1-2-8(12(10)14)6-16-7-9(15)4-5-11(16)17/h1-5,7H,6H2. The molecule has 0 amide bonds. The van der Waals surface area contributed by atoms with E-state index in [2.05, 4.69) is 22.6 Å². The van der Waals surface area contributed by atoms with E-state index in [1.165, 1.54) is 16.7 Å². The van der Waals surface area contributed by atoms with E-state index in [1.807, 2.05) is 0 Å². The molecule has 17 heavy (non-hydrogen) atoms. The van der Waals surface area contributed by atoms with Crippen LogP contribution in [-0.4, -0.2) is 4.57 Å². The van der Waals surface area contributed by atoms with Crippen LogP contribution in [-0.2, 0) is 6.54 Å². The summed E-state index contributed by atoms with van der Waals surface area (Å²) >= 11 is 7.79. The van der Waals surface area contributed by atoms with E-state index >= 15 is 0 Å². The van der Waals surface area contributed by atoms with E-state index in [4.69, 9.17) is 11.6 Å². The van der Waals surface area contributed by atoms with E-state index in [-0.39, 0.29) is 17.1 Å². The van der Waals surface area contributed by atoms with Gasteiger partial charge in [0, 0.05) is 21.4 Å². The van der Waals surface area contributed by atoms with Crippen LogP contribution < -0.4 is 5.56 Å². The number of rotatable bonds is 2. The minimum atomic E-state index is -0.472. The number of aromatic nitrogens is 1. The van der Waals surface area contributed by atoms with Gasteiger partial charge in [0.15, 0.2) is 0 Å². The molecule has 88 valence electrons. The minimum absolute atomic E-state index is 0.0705. The average Bonchev–Trinajstić information content (AvgIpc) is 2.30. The van der Waals surface area contributed by atoms with Gasteiger partial charge in [-0.15, -0.1) is 0 Å². The SMILES string of the molecule is O=c1ccc(I)cn1Cc1cccc(Cl)c1F. The monoisotopic (exact) mass is 363 g/mol. The summed E-state index contributed by atoms with van der Waals surface area (Å²) in [6.07, 6.45) is 1.68. The molecule has 2 nitrogen and oxygen atoms in total. The molecule has 2 rings (SSSR count). The molecule has 0 spiro atoms. The predicted molar refractivity (Wildman–Crippen MR) is 73.9 cm³/mol. The van der Waals surface area contributed by atoms with Crippen LogP contribution in [0, 0.1) is 9.39 Å². The third-order valence-electron chi connectivity index (χ3n) is 2.32. The van der Waals surface area contributed by atoms with Gasteiger partial charge in [-0.25, -0.2) is 4.39 Å². The Morgan fingerprint density at radius 2 is 2.06 bits per heavy atom. The van der Waals surface area contributed by atoms with Gasteiger partial charge in [-0.1, -0.05) is 23.7 Å². The topological polar surface area (TPSA) is 22.0 Å². The molecule has 0 aliphatic rings. The molecule has 5 heteroatoms. The lowest BCUT2D eigenvalue weighted by atomic mass is 10.2. The lowest BCUT2D eigenvalue weighted by molar-refractivity contribution is 0.596. The zero-order valence-corrected chi connectivity index (χ0v) is 11.6. The molecular weight excluding hydrogens is 355 g/mol. The van der Waals surface area contributed by atoms with Gasteiger partial charge < -0.3 is 4.57 Å². The molecule has 0 saturated heterocycles. The molecule has 0 atom stereocenters. The maximum Gasteiger partial charge on any atom is 0.250 e. The fourth-order valence-electron chi connectivity index (χ4n) is 1.48. The zero-order valence-electron chi connectivity index (χ0n) is 8.66. The first-order chi connectivity index (χ1) is 8.08. The molecule has 1 aromatic carbocycles. The largest absolute Gasteiger partial charge is 0.310 e. The van der Waals surface area contributed by atoms with Crippen molar-refractivity contribution in [1.29, 1.82) is 0 Å². The second-order valence-electron chi connectivity index (χ2n) is 3.53. The van der Waals surface area contributed by atoms with Crippen molar-refractivity contribution < 1.29 is 4.39 Å². The Balaban J connectivity index is 2.41. The van der Waals surface area contributed by atoms with Crippen LogP contribution in [0.3, 0.4) is 0 Å². The highest BCUT2D eigenvalue weighted by Crippen LogP contribution is 2.18. The minimum Gasteiger partial charge on any atom is -0.310 e. The van der Waals surface area contributed by atoms with Gasteiger partial charge in [-0.2, -0.15) is 0 Å². The van der Waals surface area contributed by atoms with E-state index in [9.17, 15) is 9.18 Å². The Labute approximate surface area is 116 Å². The molecule has 1 aromatic heterocycles. The van der Waals surface area contributed by atoms with Crippen LogP contribution in [0.4, 0.5) is 4.39 Å². The third kappa shape index (κ3) is 2.87. The zero-order chi connectivity index (χ0) is 12.4. The van der Waals surface area contributed by atoms with Crippen molar-refractivity contribution in [3.05, 3.63) is 66.9 Å². The summed E-state index contributed by atoms with van der Waals surface area (Å²) in [5.74, 6) is -0.472. The van der Waals surface area contributed by atoms with Crippen molar-refractivity contribution >= 4 is 34.2 Å². The van der Waals surface area contributed by atoms with Crippen molar-refractivity contribution in [2.75, 3.05) is 0 Å². The first-order valence-corrected chi connectivity index (χ1v) is 6.32. The van der Waals surface area contributed by atoms with Gasteiger partial charge in [-0.05, 0) is 34.7 Å². The summed E-state index contributed by atoms with van der Waals surface area (Å²) in [6, 6.07) is 7.95. The molecule has 0 unspecified atom stereocenters. The van der Waals surface area contributed by atoms with Crippen molar-refractivity contribution in [2.45, 2.75) is 6.54 Å². The Morgan fingerprint density at radius 1 is 1.29 bits per heavy atom. The van der Waals surface area contributed by atoms with E-state index in [0.29, 0.717) is 5.56 Å². The second-order valence-corrected chi connectivity index (χ2v) is 5.18. The van der Waals surface area contributed by atoms with Gasteiger partial charge >= 0.3 is 0 Å². The van der Waals surface area contributed by atoms with Gasteiger partial charge in [0.25, 0.3) is 5.56 Å². The van der Waals surface area contributed by atoms with Crippen LogP contribution in [0.2, 0.25) is 5.02 Å². The molecule has 0 saturated carbocycles. The second kappa shape index (κ2) is 5.18. The molecule has 2 aromatic rings. The normalized spacial score (nSPS) is 10.5. The lowest BCUT2D eigenvalue weighted by Crippen LogP contribution is -2.19. The summed E-state index contributed by atoms with van der Waals surface area (Å²) in [6.45, 7) is 0.183. The fourth-order valence-corrected chi connectivity index (χ4v) is 2.19. The third-order valence-corrected chi connectivity index (χ3v) is 3.25. The van der Waals surface area contributed by atoms with Gasteiger partial charge in [0.1, 0.15) is 5.82 Å². The van der Waals surface area contributed by atoms with Crippen LogP contribution in [0.5, 0.6) is 0 Å². The number of halogens is 3. The summed E-state index contributed by atoms with van der Waals surface area (Å²) in [5, 5.41) is 0.0705. The Morgan fingerprint density at radius 3 is 2.82 bits per heavy atom. The van der Waals surface area contributed by atoms with Gasteiger partial charge in [0.2, 0.25) is 0 Å². The highest BCUT2D eigenvalue weighted by atomic mass is 127. The summed E-state index contributed by atoms with van der Waals surface area (Å²) < 4.78 is 16.0. The maximum absolute atomic E-state index is 13.7. The number of hydrogen-bond donors (Lipinski definition) is 0. The summed E-state index contributed by atoms with van der Waals surface area (Å²) in [7, 11) is 0. The average molecular weight is 364 g/mol. The fraction of sp³-hybridized carbons (Fsp3) is 0.0833. The summed E-state index contributed by atoms with van der Waals surface area (Å²) in [4.78, 5) is 11.6. The van der Waals surface area contributed by atoms with Crippen molar-refractivity contribution in [1.82, 2.24) is 4.57 Å². The Bertz CT molecular complexity index is 612. The lowest BCUT2D eigenvalue weighted by Gasteiger charge is -2.07. The Hall–Kier alpha value is -0.880. The van der Waals surface area contributed by atoms with Crippen LogP contribution in [0.1, 0.15) is 5.56 Å². The molecular formula is C12H8ClFINO. The van der Waals surface area contributed by atoms with Crippen LogP contribution in [0.25, 0.3) is 0 Å². The molecule has 0 fully saturated rings. The molecule has 0 N–H and O–H groups in total. The smallest absolute Gasteiger partial charge is 0.250 e. The molecule has 0 bridgehead atoms. The first kappa shape index (κ1) is 12.6. The van der Waals surface area contributed by atoms with Crippen molar-refractivity contribution in [2.24, 2.45) is 0 Å².